The summed E-state index contributed by atoms with van der Waals surface area (Å²) in [6.45, 7) is 2.88. The zero-order valence-electron chi connectivity index (χ0n) is 17.5. The molecule has 4 aromatic rings. The highest BCUT2D eigenvalue weighted by Crippen LogP contribution is 2.28. The number of hydrogen-bond donors (Lipinski definition) is 2. The third kappa shape index (κ3) is 4.73. The molecular weight excluding hydrogens is 470 g/mol. The van der Waals surface area contributed by atoms with Gasteiger partial charge in [-0.25, -0.2) is 14.8 Å². The van der Waals surface area contributed by atoms with E-state index < -0.39 is 5.97 Å². The number of ether oxygens (including phenoxy) is 1. The number of aromatic carboxylic acids is 1. The molecule has 0 aliphatic rings. The number of rotatable bonds is 8. The van der Waals surface area contributed by atoms with Crippen molar-refractivity contribution in [1.82, 2.24) is 9.97 Å². The molecule has 6 nitrogen and oxygen atoms in total. The summed E-state index contributed by atoms with van der Waals surface area (Å²) in [5.41, 5.74) is 2.06. The highest BCUT2D eigenvalue weighted by molar-refractivity contribution is 9.10. The summed E-state index contributed by atoms with van der Waals surface area (Å²) in [5.74, 6) is 0.474. The molecule has 0 radical (unpaired) electrons. The van der Waals surface area contributed by atoms with Gasteiger partial charge in [-0.05, 0) is 53.9 Å². The monoisotopic (exact) mass is 491 g/mol. The molecule has 32 heavy (non-hydrogen) atoms. The number of fused-ring (bicyclic) bond motifs is 1. The van der Waals surface area contributed by atoms with Crippen LogP contribution in [0.1, 0.15) is 22.8 Å². The van der Waals surface area contributed by atoms with Gasteiger partial charge in [0.2, 0.25) is 0 Å². The van der Waals surface area contributed by atoms with Crippen LogP contribution in [0.2, 0.25) is 0 Å². The average Bonchev–Trinajstić information content (AvgIpc) is 2.81. The molecule has 4 rings (SSSR count). The fourth-order valence-corrected chi connectivity index (χ4v) is 4.13. The standard InChI is InChI=1S/C25H22BrN3O3/c1-2-32-22-15-17(7-9-20(22)25(30)31)24-28-14-12-23(29-24)27-13-11-19-18-6-4-3-5-16(18)8-10-21(19)26/h3-10,12,14-15H,2,11,13H2,1H3,(H,30,31)(H,27,28,29). The predicted molar refractivity (Wildman–Crippen MR) is 129 cm³/mol. The van der Waals surface area contributed by atoms with Gasteiger partial charge in [0.25, 0.3) is 0 Å². The zero-order valence-corrected chi connectivity index (χ0v) is 19.1. The number of halogens is 1. The lowest BCUT2D eigenvalue weighted by molar-refractivity contribution is 0.0692. The van der Waals surface area contributed by atoms with E-state index in [1.807, 2.05) is 19.1 Å². The lowest BCUT2D eigenvalue weighted by Gasteiger charge is -2.12. The summed E-state index contributed by atoms with van der Waals surface area (Å²) < 4.78 is 6.58. The SMILES string of the molecule is CCOc1cc(-c2nccc(NCCc3c(Br)ccc4ccccc34)n2)ccc1C(=O)O. The summed E-state index contributed by atoms with van der Waals surface area (Å²) in [4.78, 5) is 20.4. The first-order chi connectivity index (χ1) is 15.6. The van der Waals surface area contributed by atoms with Crippen LogP contribution >= 0.6 is 15.9 Å². The molecule has 0 unspecified atom stereocenters. The Morgan fingerprint density at radius 2 is 1.97 bits per heavy atom. The Labute approximate surface area is 194 Å². The second-order valence-electron chi connectivity index (χ2n) is 7.14. The Morgan fingerprint density at radius 1 is 1.12 bits per heavy atom. The van der Waals surface area contributed by atoms with Crippen molar-refractivity contribution in [2.45, 2.75) is 13.3 Å². The molecule has 0 aliphatic heterocycles. The van der Waals surface area contributed by atoms with Crippen LogP contribution in [0, 0.1) is 0 Å². The fraction of sp³-hybridized carbons (Fsp3) is 0.160. The Hall–Kier alpha value is -3.45. The number of aromatic nitrogens is 2. The summed E-state index contributed by atoms with van der Waals surface area (Å²) >= 11 is 3.67. The van der Waals surface area contributed by atoms with Gasteiger partial charge in [0.15, 0.2) is 5.82 Å². The van der Waals surface area contributed by atoms with Crippen LogP contribution in [0.5, 0.6) is 5.75 Å². The Kier molecular flexibility index (Phi) is 6.66. The number of carboxylic acid groups (broad SMARTS) is 1. The molecule has 0 bridgehead atoms. The first-order valence-electron chi connectivity index (χ1n) is 10.3. The van der Waals surface area contributed by atoms with Gasteiger partial charge in [-0.3, -0.25) is 0 Å². The van der Waals surface area contributed by atoms with Gasteiger partial charge in [-0.15, -0.1) is 0 Å². The van der Waals surface area contributed by atoms with Crippen molar-refractivity contribution in [2.75, 3.05) is 18.5 Å². The van der Waals surface area contributed by atoms with E-state index in [0.29, 0.717) is 36.1 Å². The molecule has 7 heteroatoms. The van der Waals surface area contributed by atoms with E-state index in [2.05, 4.69) is 61.5 Å². The van der Waals surface area contributed by atoms with Gasteiger partial charge in [-0.2, -0.15) is 0 Å². The van der Waals surface area contributed by atoms with E-state index in [1.165, 1.54) is 22.4 Å². The summed E-state index contributed by atoms with van der Waals surface area (Å²) in [6.07, 6.45) is 2.51. The van der Waals surface area contributed by atoms with Gasteiger partial charge in [0, 0.05) is 22.8 Å². The number of benzene rings is 3. The van der Waals surface area contributed by atoms with Crippen molar-refractivity contribution in [1.29, 1.82) is 0 Å². The van der Waals surface area contributed by atoms with Crippen molar-refractivity contribution in [2.24, 2.45) is 0 Å². The van der Waals surface area contributed by atoms with Gasteiger partial charge in [0.05, 0.1) is 6.61 Å². The van der Waals surface area contributed by atoms with E-state index >= 15 is 0 Å². The number of anilines is 1. The number of nitrogens with zero attached hydrogens (tertiary/aromatic N) is 2. The number of carbonyl (C=O) groups is 1. The summed E-state index contributed by atoms with van der Waals surface area (Å²) in [7, 11) is 0. The Morgan fingerprint density at radius 3 is 2.78 bits per heavy atom. The number of hydrogen-bond acceptors (Lipinski definition) is 5. The van der Waals surface area contributed by atoms with Crippen LogP contribution < -0.4 is 10.1 Å². The first-order valence-corrected chi connectivity index (χ1v) is 11.1. The quantitative estimate of drug-likeness (QED) is 0.323. The summed E-state index contributed by atoms with van der Waals surface area (Å²) in [6, 6.07) is 19.2. The van der Waals surface area contributed by atoms with Crippen molar-refractivity contribution in [3.63, 3.8) is 0 Å². The molecule has 162 valence electrons. The molecule has 0 fully saturated rings. The zero-order chi connectivity index (χ0) is 22.5. The third-order valence-corrected chi connectivity index (χ3v) is 5.83. The third-order valence-electron chi connectivity index (χ3n) is 5.09. The molecule has 0 spiro atoms. The molecular formula is C25H22BrN3O3. The van der Waals surface area contributed by atoms with E-state index in [0.717, 1.165) is 10.9 Å². The second-order valence-corrected chi connectivity index (χ2v) is 7.99. The van der Waals surface area contributed by atoms with Crippen LogP contribution in [0.25, 0.3) is 22.2 Å². The molecule has 0 atom stereocenters. The molecule has 1 aromatic heterocycles. The van der Waals surface area contributed by atoms with Crippen LogP contribution in [-0.2, 0) is 6.42 Å². The van der Waals surface area contributed by atoms with E-state index in [-0.39, 0.29) is 5.56 Å². The van der Waals surface area contributed by atoms with Crippen LogP contribution in [-0.4, -0.2) is 34.2 Å². The predicted octanol–water partition coefficient (Wildman–Crippen LogP) is 5.81. The molecule has 0 amide bonds. The smallest absolute Gasteiger partial charge is 0.339 e. The molecule has 3 aromatic carbocycles. The van der Waals surface area contributed by atoms with Crippen molar-refractivity contribution >= 4 is 38.5 Å². The normalized spacial score (nSPS) is 10.8. The minimum Gasteiger partial charge on any atom is -0.493 e. The fourth-order valence-electron chi connectivity index (χ4n) is 3.59. The topological polar surface area (TPSA) is 84.3 Å². The largest absolute Gasteiger partial charge is 0.493 e. The lowest BCUT2D eigenvalue weighted by Crippen LogP contribution is -2.08. The van der Waals surface area contributed by atoms with Crippen molar-refractivity contribution in [3.8, 4) is 17.1 Å². The van der Waals surface area contributed by atoms with E-state index in [9.17, 15) is 9.90 Å². The van der Waals surface area contributed by atoms with E-state index in [4.69, 9.17) is 4.74 Å². The number of nitrogens with one attached hydrogen (secondary N) is 1. The highest BCUT2D eigenvalue weighted by Gasteiger charge is 2.14. The van der Waals surface area contributed by atoms with Crippen LogP contribution in [0.3, 0.4) is 0 Å². The highest BCUT2D eigenvalue weighted by atomic mass is 79.9. The molecule has 1 heterocycles. The van der Waals surface area contributed by atoms with Gasteiger partial charge < -0.3 is 15.2 Å². The minimum absolute atomic E-state index is 0.116. The van der Waals surface area contributed by atoms with E-state index in [1.54, 1.807) is 18.3 Å². The van der Waals surface area contributed by atoms with Gasteiger partial charge in [-0.1, -0.05) is 52.3 Å². The Bertz CT molecular complexity index is 1280. The molecule has 0 saturated heterocycles. The first kappa shape index (κ1) is 21.8. The average molecular weight is 492 g/mol. The maximum Gasteiger partial charge on any atom is 0.339 e. The maximum atomic E-state index is 11.4. The molecule has 2 N–H and O–H groups in total. The second kappa shape index (κ2) is 9.78. The maximum absolute atomic E-state index is 11.4. The number of carboxylic acids is 1. The lowest BCUT2D eigenvalue weighted by atomic mass is 10.0. The van der Waals surface area contributed by atoms with Crippen molar-refractivity contribution in [3.05, 3.63) is 82.5 Å². The molecule has 0 saturated carbocycles. The van der Waals surface area contributed by atoms with Crippen molar-refractivity contribution < 1.29 is 14.6 Å². The van der Waals surface area contributed by atoms with Gasteiger partial charge in [0.1, 0.15) is 17.1 Å². The summed E-state index contributed by atoms with van der Waals surface area (Å²) in [5, 5.41) is 15.2. The van der Waals surface area contributed by atoms with Crippen LogP contribution in [0.4, 0.5) is 5.82 Å². The van der Waals surface area contributed by atoms with Crippen LogP contribution in [0.15, 0.2) is 71.3 Å². The minimum atomic E-state index is -1.03. The van der Waals surface area contributed by atoms with Gasteiger partial charge >= 0.3 is 5.97 Å². The molecule has 0 aliphatic carbocycles. The Balaban J connectivity index is 1.52.